The van der Waals surface area contributed by atoms with Gasteiger partial charge in [-0.25, -0.2) is 4.84 Å². The van der Waals surface area contributed by atoms with Crippen molar-refractivity contribution in [1.29, 1.82) is 0 Å². The van der Waals surface area contributed by atoms with E-state index in [0.717, 1.165) is 17.9 Å². The lowest BCUT2D eigenvalue weighted by molar-refractivity contribution is -0.880. The highest BCUT2D eigenvalue weighted by molar-refractivity contribution is 5.31. The molecule has 0 aliphatic carbocycles. The molecule has 0 saturated carbocycles. The molecule has 24 heavy (non-hydrogen) atoms. The number of aryl methyl sites for hydroxylation is 1. The van der Waals surface area contributed by atoms with Crippen molar-refractivity contribution in [2.75, 3.05) is 0 Å². The van der Waals surface area contributed by atoms with Crippen LogP contribution in [0, 0.1) is 0 Å². The normalized spacial score (nSPS) is 11.0. The van der Waals surface area contributed by atoms with Crippen LogP contribution in [0.4, 0.5) is 0 Å². The van der Waals surface area contributed by atoms with Crippen molar-refractivity contribution in [2.45, 2.75) is 65.2 Å². The van der Waals surface area contributed by atoms with E-state index >= 15 is 0 Å². The van der Waals surface area contributed by atoms with E-state index in [4.69, 9.17) is 4.84 Å². The van der Waals surface area contributed by atoms with Gasteiger partial charge >= 0.3 is 0 Å². The fourth-order valence-corrected chi connectivity index (χ4v) is 2.87. The Balaban J connectivity index is 0.00000288. The lowest BCUT2D eigenvalue weighted by Crippen LogP contribution is -3.00. The second-order valence-corrected chi connectivity index (χ2v) is 6.83. The summed E-state index contributed by atoms with van der Waals surface area (Å²) in [5.74, 6) is 0.879. The third-order valence-electron chi connectivity index (χ3n) is 4.51. The van der Waals surface area contributed by atoms with Gasteiger partial charge in [0, 0.05) is 23.3 Å². The molecule has 0 aliphatic heterocycles. The second kappa shape index (κ2) is 9.68. The molecule has 0 unspecified atom stereocenters. The van der Waals surface area contributed by atoms with Crippen LogP contribution in [0.15, 0.2) is 48.7 Å². The zero-order chi connectivity index (χ0) is 16.7. The van der Waals surface area contributed by atoms with Crippen LogP contribution in [-0.2, 0) is 11.8 Å². The fraction of sp³-hybridized carbons (Fsp3) is 0.476. The Labute approximate surface area is 153 Å². The lowest BCUT2D eigenvalue weighted by Gasteiger charge is -2.25. The monoisotopic (exact) mass is 347 g/mol. The van der Waals surface area contributed by atoms with Gasteiger partial charge in [-0.1, -0.05) is 59.1 Å². The Bertz CT molecular complexity index is 607. The Morgan fingerprint density at radius 3 is 2.29 bits per heavy atom. The minimum absolute atomic E-state index is 0. The molecule has 2 rings (SSSR count). The minimum atomic E-state index is 0. The first-order valence-corrected chi connectivity index (χ1v) is 8.85. The molecule has 2 nitrogen and oxygen atoms in total. The number of hydrogen-bond acceptors (Lipinski definition) is 1. The van der Waals surface area contributed by atoms with E-state index in [1.165, 1.54) is 31.2 Å². The Morgan fingerprint density at radius 2 is 1.67 bits per heavy atom. The zero-order valence-electron chi connectivity index (χ0n) is 15.4. The molecule has 132 valence electrons. The molecule has 0 bridgehead atoms. The highest BCUT2D eigenvalue weighted by Gasteiger charge is 2.20. The van der Waals surface area contributed by atoms with Crippen LogP contribution >= 0.6 is 0 Å². The summed E-state index contributed by atoms with van der Waals surface area (Å²) in [5.41, 5.74) is 2.77. The van der Waals surface area contributed by atoms with E-state index in [0.29, 0.717) is 0 Å². The maximum Gasteiger partial charge on any atom is 0.234 e. The predicted molar refractivity (Wildman–Crippen MR) is 95.7 cm³/mol. The molecule has 2 aromatic rings. The molecule has 0 fully saturated rings. The summed E-state index contributed by atoms with van der Waals surface area (Å²) in [7, 11) is 0. The van der Waals surface area contributed by atoms with Gasteiger partial charge in [-0.3, -0.25) is 0 Å². The molecule has 1 heterocycles. The van der Waals surface area contributed by atoms with Gasteiger partial charge in [0.1, 0.15) is 0 Å². The molecule has 3 heteroatoms. The molecule has 1 aromatic heterocycles. The van der Waals surface area contributed by atoms with Gasteiger partial charge in [0.05, 0.1) is 0 Å². The van der Waals surface area contributed by atoms with Crippen LogP contribution in [0.2, 0.25) is 0 Å². The van der Waals surface area contributed by atoms with Gasteiger partial charge in [-0.15, -0.1) is 0 Å². The number of rotatable bonds is 8. The molecule has 0 atom stereocenters. The quantitative estimate of drug-likeness (QED) is 0.527. The van der Waals surface area contributed by atoms with E-state index < -0.39 is 0 Å². The number of halogens is 1. The smallest absolute Gasteiger partial charge is 0.234 e. The van der Waals surface area contributed by atoms with Crippen LogP contribution in [0.3, 0.4) is 0 Å². The highest BCUT2D eigenvalue weighted by atomic mass is 35.5. The summed E-state index contributed by atoms with van der Waals surface area (Å²) in [4.78, 5) is 5.98. The highest BCUT2D eigenvalue weighted by Crippen LogP contribution is 2.30. The fourth-order valence-electron chi connectivity index (χ4n) is 2.87. The van der Waals surface area contributed by atoms with Gasteiger partial charge < -0.3 is 12.4 Å². The maximum atomic E-state index is 5.98. The Morgan fingerprint density at radius 1 is 0.958 bits per heavy atom. The van der Waals surface area contributed by atoms with Crippen molar-refractivity contribution in [3.05, 3.63) is 59.9 Å². The van der Waals surface area contributed by atoms with E-state index in [2.05, 4.69) is 58.0 Å². The van der Waals surface area contributed by atoms with Gasteiger partial charge in [-0.2, -0.15) is 0 Å². The van der Waals surface area contributed by atoms with Crippen LogP contribution in [0.5, 0.6) is 5.75 Å². The number of benzene rings is 1. The number of pyridine rings is 1. The summed E-state index contributed by atoms with van der Waals surface area (Å²) in [6.45, 7) is 9.06. The SMILES string of the molecule is CCCCCC(C)(C)c1ccc(O[n+]2ccccc2CC)cc1.[Cl-]. The molecule has 0 spiro atoms. The third kappa shape index (κ3) is 5.52. The van der Waals surface area contributed by atoms with Crippen molar-refractivity contribution in [3.63, 3.8) is 0 Å². The molecule has 0 N–H and O–H groups in total. The largest absolute Gasteiger partial charge is 1.00 e. The average Bonchev–Trinajstić information content (AvgIpc) is 2.56. The summed E-state index contributed by atoms with van der Waals surface area (Å²) < 4.78 is 1.85. The van der Waals surface area contributed by atoms with Crippen molar-refractivity contribution < 1.29 is 22.0 Å². The Hall–Kier alpha value is -1.54. The van der Waals surface area contributed by atoms with Crippen molar-refractivity contribution in [3.8, 4) is 5.75 Å². The molecular weight excluding hydrogens is 318 g/mol. The summed E-state index contributed by atoms with van der Waals surface area (Å²) in [5, 5.41) is 0. The summed E-state index contributed by atoms with van der Waals surface area (Å²) >= 11 is 0. The number of nitrogens with zero attached hydrogens (tertiary/aromatic N) is 1. The van der Waals surface area contributed by atoms with Gasteiger partial charge in [0.2, 0.25) is 17.6 Å². The standard InChI is InChI=1S/C21H30NO.ClH/c1-5-7-9-16-21(3,4)18-12-14-20(15-13-18)23-22-17-10-8-11-19(22)6-2;/h8,10-15,17H,5-7,9,16H2,1-4H3;1H/q+1;/p-1. The number of aromatic nitrogens is 1. The van der Waals surface area contributed by atoms with Gasteiger partial charge in [0.25, 0.3) is 0 Å². The zero-order valence-corrected chi connectivity index (χ0v) is 16.1. The molecular formula is C21H30ClNO. The first kappa shape index (κ1) is 20.5. The molecule has 0 amide bonds. The second-order valence-electron chi connectivity index (χ2n) is 6.83. The number of unbranched alkanes of at least 4 members (excludes halogenated alkanes) is 2. The van der Waals surface area contributed by atoms with E-state index in [1.54, 1.807) is 0 Å². The van der Waals surface area contributed by atoms with E-state index in [1.807, 2.05) is 23.1 Å². The lowest BCUT2D eigenvalue weighted by atomic mass is 9.80. The maximum absolute atomic E-state index is 5.98. The van der Waals surface area contributed by atoms with Crippen molar-refractivity contribution in [1.82, 2.24) is 0 Å². The predicted octanol–water partition coefficient (Wildman–Crippen LogP) is 2.24. The van der Waals surface area contributed by atoms with E-state index in [-0.39, 0.29) is 17.8 Å². The average molecular weight is 348 g/mol. The van der Waals surface area contributed by atoms with Crippen molar-refractivity contribution in [2.24, 2.45) is 0 Å². The van der Waals surface area contributed by atoms with E-state index in [9.17, 15) is 0 Å². The van der Waals surface area contributed by atoms with Gasteiger partial charge in [0.15, 0.2) is 0 Å². The molecule has 1 aromatic carbocycles. The first-order valence-electron chi connectivity index (χ1n) is 8.85. The molecule has 0 radical (unpaired) electrons. The molecule has 0 aliphatic rings. The van der Waals surface area contributed by atoms with Crippen LogP contribution in [0.25, 0.3) is 0 Å². The summed E-state index contributed by atoms with van der Waals surface area (Å²) in [6.07, 6.45) is 8.02. The topological polar surface area (TPSA) is 13.1 Å². The minimum Gasteiger partial charge on any atom is -1.00 e. The molecule has 0 saturated heterocycles. The van der Waals surface area contributed by atoms with Crippen molar-refractivity contribution >= 4 is 0 Å². The Kier molecular flexibility index (Phi) is 8.27. The van der Waals surface area contributed by atoms with Crippen LogP contribution in [-0.4, -0.2) is 0 Å². The summed E-state index contributed by atoms with van der Waals surface area (Å²) in [6, 6.07) is 14.7. The first-order chi connectivity index (χ1) is 11.1. The third-order valence-corrected chi connectivity index (χ3v) is 4.51. The number of hydrogen-bond donors (Lipinski definition) is 0. The van der Waals surface area contributed by atoms with Gasteiger partial charge in [-0.05, 0) is 35.6 Å². The van der Waals surface area contributed by atoms with Crippen LogP contribution < -0.4 is 22.0 Å². The van der Waals surface area contributed by atoms with Crippen LogP contribution in [0.1, 0.15) is 64.6 Å².